The van der Waals surface area contributed by atoms with Gasteiger partial charge in [-0.1, -0.05) is 6.07 Å². The Morgan fingerprint density at radius 1 is 1.48 bits per heavy atom. The quantitative estimate of drug-likeness (QED) is 0.901. The molecule has 1 aliphatic carbocycles. The Morgan fingerprint density at radius 2 is 2.26 bits per heavy atom. The smallest absolute Gasteiger partial charge is 0.410 e. The average molecular weight is 337 g/mol. The molecular weight excluding hydrogens is 308 g/mol. The van der Waals surface area contributed by atoms with Gasteiger partial charge in [-0.15, -0.1) is 11.3 Å². The van der Waals surface area contributed by atoms with E-state index in [0.717, 1.165) is 38.8 Å². The molecule has 2 aliphatic rings. The van der Waals surface area contributed by atoms with E-state index < -0.39 is 5.60 Å². The molecule has 0 radical (unpaired) electrons. The van der Waals surface area contributed by atoms with Crippen molar-refractivity contribution in [2.24, 2.45) is 0 Å². The zero-order chi connectivity index (χ0) is 16.5. The van der Waals surface area contributed by atoms with Crippen molar-refractivity contribution in [1.29, 1.82) is 0 Å². The Labute approximate surface area is 143 Å². The van der Waals surface area contributed by atoms with Gasteiger partial charge in [0, 0.05) is 29.5 Å². The van der Waals surface area contributed by atoms with Crippen LogP contribution in [0.1, 0.15) is 57.8 Å². The first kappa shape index (κ1) is 16.8. The lowest BCUT2D eigenvalue weighted by atomic mass is 9.69. The summed E-state index contributed by atoms with van der Waals surface area (Å²) < 4.78 is 5.63. The minimum atomic E-state index is -0.420. The molecule has 5 heteroatoms. The Balaban J connectivity index is 1.59. The lowest BCUT2D eigenvalue weighted by molar-refractivity contribution is -0.0494. The Bertz CT molecular complexity index is 532. The molecular formula is C18H28N2O2S. The Kier molecular flexibility index (Phi) is 4.70. The molecule has 1 N–H and O–H groups in total. The number of rotatable bonds is 3. The normalized spacial score (nSPS) is 23.6. The molecule has 1 unspecified atom stereocenters. The fourth-order valence-corrected chi connectivity index (χ4v) is 4.34. The number of carbonyl (C=O) groups is 1. The molecule has 1 saturated carbocycles. The van der Waals surface area contributed by atoms with E-state index in [1.165, 1.54) is 11.3 Å². The number of likely N-dealkylation sites (tertiary alicyclic amines) is 1. The average Bonchev–Trinajstić information content (AvgIpc) is 2.94. The first-order valence-electron chi connectivity index (χ1n) is 8.64. The van der Waals surface area contributed by atoms with E-state index in [9.17, 15) is 4.79 Å². The standard InChI is InChI=1S/C18H28N2O2S/c1-17(2,3)22-16(21)20-10-7-14(12-18(20)8-5-9-18)19-13-15-6-4-11-23-15/h4,6,11,14,19H,5,7-10,12-13H2,1-3H3. The Morgan fingerprint density at radius 3 is 2.83 bits per heavy atom. The second-order valence-electron chi connectivity index (χ2n) is 7.86. The summed E-state index contributed by atoms with van der Waals surface area (Å²) in [5.41, 5.74) is -0.385. The van der Waals surface area contributed by atoms with Crippen LogP contribution < -0.4 is 5.32 Å². The molecule has 0 bridgehead atoms. The molecule has 1 aliphatic heterocycles. The molecule has 2 heterocycles. The van der Waals surface area contributed by atoms with Crippen LogP contribution >= 0.6 is 11.3 Å². The molecule has 1 aromatic heterocycles. The van der Waals surface area contributed by atoms with Crippen LogP contribution in [0.25, 0.3) is 0 Å². The zero-order valence-corrected chi connectivity index (χ0v) is 15.2. The van der Waals surface area contributed by atoms with Crippen molar-refractivity contribution >= 4 is 17.4 Å². The summed E-state index contributed by atoms with van der Waals surface area (Å²) in [6.45, 7) is 7.55. The van der Waals surface area contributed by atoms with E-state index in [-0.39, 0.29) is 11.6 Å². The van der Waals surface area contributed by atoms with Crippen molar-refractivity contribution in [3.05, 3.63) is 22.4 Å². The number of amides is 1. The van der Waals surface area contributed by atoms with Crippen LogP contribution in [0.5, 0.6) is 0 Å². The minimum Gasteiger partial charge on any atom is -0.444 e. The number of nitrogens with one attached hydrogen (secondary N) is 1. The van der Waals surface area contributed by atoms with Crippen LogP contribution in [0.2, 0.25) is 0 Å². The third kappa shape index (κ3) is 3.89. The Hall–Kier alpha value is -1.07. The van der Waals surface area contributed by atoms with E-state index in [0.29, 0.717) is 6.04 Å². The maximum Gasteiger partial charge on any atom is 0.410 e. The third-order valence-electron chi connectivity index (χ3n) is 4.94. The summed E-state index contributed by atoms with van der Waals surface area (Å²) in [6, 6.07) is 4.77. The van der Waals surface area contributed by atoms with Gasteiger partial charge in [-0.3, -0.25) is 0 Å². The highest BCUT2D eigenvalue weighted by atomic mass is 32.1. The molecule has 4 nitrogen and oxygen atoms in total. The predicted molar refractivity (Wildman–Crippen MR) is 93.7 cm³/mol. The molecule has 128 valence electrons. The lowest BCUT2D eigenvalue weighted by Crippen LogP contribution is -2.63. The van der Waals surface area contributed by atoms with Gasteiger partial charge in [0.25, 0.3) is 0 Å². The molecule has 1 atom stereocenters. The first-order valence-corrected chi connectivity index (χ1v) is 9.52. The van der Waals surface area contributed by atoms with E-state index in [1.54, 1.807) is 11.3 Å². The first-order chi connectivity index (χ1) is 10.9. The van der Waals surface area contributed by atoms with Gasteiger partial charge < -0.3 is 15.0 Å². The van der Waals surface area contributed by atoms with E-state index in [2.05, 4.69) is 22.8 Å². The lowest BCUT2D eigenvalue weighted by Gasteiger charge is -2.54. The summed E-state index contributed by atoms with van der Waals surface area (Å²) >= 11 is 1.80. The highest BCUT2D eigenvalue weighted by Gasteiger charge is 2.49. The SMILES string of the molecule is CC(C)(C)OC(=O)N1CCC(NCc2cccs2)CC12CCC2. The highest BCUT2D eigenvalue weighted by molar-refractivity contribution is 7.09. The molecule has 3 rings (SSSR count). The summed E-state index contributed by atoms with van der Waals surface area (Å²) in [4.78, 5) is 16.0. The van der Waals surface area contributed by atoms with Gasteiger partial charge >= 0.3 is 6.09 Å². The van der Waals surface area contributed by atoms with E-state index in [4.69, 9.17) is 4.74 Å². The zero-order valence-electron chi connectivity index (χ0n) is 14.4. The maximum atomic E-state index is 12.6. The number of hydrogen-bond donors (Lipinski definition) is 1. The highest BCUT2D eigenvalue weighted by Crippen LogP contribution is 2.45. The van der Waals surface area contributed by atoms with Crippen molar-refractivity contribution in [3.63, 3.8) is 0 Å². The van der Waals surface area contributed by atoms with E-state index in [1.807, 2.05) is 25.7 Å². The largest absolute Gasteiger partial charge is 0.444 e. The number of nitrogens with zero attached hydrogens (tertiary/aromatic N) is 1. The molecule has 1 spiro atoms. The van der Waals surface area contributed by atoms with E-state index >= 15 is 0 Å². The second kappa shape index (κ2) is 6.44. The number of hydrogen-bond acceptors (Lipinski definition) is 4. The van der Waals surface area contributed by atoms with Crippen LogP contribution in [-0.4, -0.2) is 34.7 Å². The van der Waals surface area contributed by atoms with Crippen LogP contribution in [0.3, 0.4) is 0 Å². The van der Waals surface area contributed by atoms with Gasteiger partial charge in [0.2, 0.25) is 0 Å². The molecule has 1 amide bonds. The van der Waals surface area contributed by atoms with Crippen molar-refractivity contribution in [2.45, 2.75) is 76.6 Å². The predicted octanol–water partition coefficient (Wildman–Crippen LogP) is 4.16. The van der Waals surface area contributed by atoms with Crippen LogP contribution in [0.15, 0.2) is 17.5 Å². The molecule has 0 aromatic carbocycles. The van der Waals surface area contributed by atoms with Crippen molar-refractivity contribution < 1.29 is 9.53 Å². The van der Waals surface area contributed by atoms with Gasteiger partial charge in [0.05, 0.1) is 0 Å². The number of thiophene rings is 1. The number of carbonyl (C=O) groups excluding carboxylic acids is 1. The second-order valence-corrected chi connectivity index (χ2v) is 8.89. The minimum absolute atomic E-state index is 0.0354. The molecule has 1 aromatic rings. The summed E-state index contributed by atoms with van der Waals surface area (Å²) in [5.74, 6) is 0. The number of piperidine rings is 1. The van der Waals surface area contributed by atoms with Crippen molar-refractivity contribution in [2.75, 3.05) is 6.54 Å². The van der Waals surface area contributed by atoms with Gasteiger partial charge in [-0.05, 0) is 64.3 Å². The monoisotopic (exact) mass is 336 g/mol. The summed E-state index contributed by atoms with van der Waals surface area (Å²) in [7, 11) is 0. The molecule has 2 fully saturated rings. The third-order valence-corrected chi connectivity index (χ3v) is 5.82. The van der Waals surface area contributed by atoms with Gasteiger partial charge in [-0.2, -0.15) is 0 Å². The van der Waals surface area contributed by atoms with Crippen LogP contribution in [0, 0.1) is 0 Å². The summed E-state index contributed by atoms with van der Waals surface area (Å²) in [5, 5.41) is 5.81. The van der Waals surface area contributed by atoms with Crippen molar-refractivity contribution in [3.8, 4) is 0 Å². The molecule has 1 saturated heterocycles. The van der Waals surface area contributed by atoms with Crippen molar-refractivity contribution in [1.82, 2.24) is 10.2 Å². The van der Waals surface area contributed by atoms with Gasteiger partial charge in [0.1, 0.15) is 5.60 Å². The topological polar surface area (TPSA) is 41.6 Å². The summed E-state index contributed by atoms with van der Waals surface area (Å²) in [6.07, 6.45) is 5.38. The van der Waals surface area contributed by atoms with Gasteiger partial charge in [0.15, 0.2) is 0 Å². The van der Waals surface area contributed by atoms with Crippen LogP contribution in [0.4, 0.5) is 4.79 Å². The van der Waals surface area contributed by atoms with Crippen LogP contribution in [-0.2, 0) is 11.3 Å². The van der Waals surface area contributed by atoms with Gasteiger partial charge in [-0.25, -0.2) is 4.79 Å². The number of ether oxygens (including phenoxy) is 1. The molecule has 23 heavy (non-hydrogen) atoms. The maximum absolute atomic E-state index is 12.6. The fourth-order valence-electron chi connectivity index (χ4n) is 3.69. The fraction of sp³-hybridized carbons (Fsp3) is 0.722.